The van der Waals surface area contributed by atoms with E-state index in [0.717, 1.165) is 33.4 Å². The average molecular weight is 320 g/mol. The number of rotatable bonds is 3. The van der Waals surface area contributed by atoms with Crippen LogP contribution in [0.15, 0.2) is 42.7 Å². The summed E-state index contributed by atoms with van der Waals surface area (Å²) in [6, 6.07) is 9.85. The number of amides is 1. The van der Waals surface area contributed by atoms with Crippen LogP contribution in [0.3, 0.4) is 0 Å². The minimum absolute atomic E-state index is 0.0644. The average Bonchev–Trinajstić information content (AvgIpc) is 3.22. The molecule has 0 spiro atoms. The largest absolute Gasteiger partial charge is 0.382 e. The van der Waals surface area contributed by atoms with Gasteiger partial charge in [0.2, 0.25) is 5.91 Å². The number of anilines is 1. The standard InChI is InChI=1S/C17H16N6O/c1-10(24)19-8-11-6-16-17(18)21-14-7-12(13-4-5-20-22-13)2-3-15(14)23(16)9-11/h2-7,9H,8H2,1H3,(H2,18,21)(H,19,24)(H,20,22). The Balaban J connectivity index is 1.85. The van der Waals surface area contributed by atoms with Crippen molar-refractivity contribution < 1.29 is 4.79 Å². The van der Waals surface area contributed by atoms with Gasteiger partial charge in [-0.05, 0) is 29.8 Å². The number of nitrogens with one attached hydrogen (secondary N) is 2. The number of H-pyrrole nitrogens is 1. The molecule has 0 fully saturated rings. The summed E-state index contributed by atoms with van der Waals surface area (Å²) in [5.74, 6) is 0.392. The van der Waals surface area contributed by atoms with Gasteiger partial charge in [-0.2, -0.15) is 5.10 Å². The Labute approximate surface area is 137 Å². The molecule has 1 amide bonds. The van der Waals surface area contributed by atoms with Crippen molar-refractivity contribution in [3.63, 3.8) is 0 Å². The number of aromatic amines is 1. The molecule has 0 aliphatic rings. The highest BCUT2D eigenvalue weighted by Crippen LogP contribution is 2.26. The third kappa shape index (κ3) is 2.36. The molecule has 24 heavy (non-hydrogen) atoms. The van der Waals surface area contributed by atoms with E-state index in [1.807, 2.05) is 40.9 Å². The molecule has 0 aliphatic carbocycles. The molecule has 1 aromatic carbocycles. The van der Waals surface area contributed by atoms with Crippen molar-refractivity contribution >= 4 is 28.3 Å². The van der Waals surface area contributed by atoms with Gasteiger partial charge in [0.1, 0.15) is 5.82 Å². The van der Waals surface area contributed by atoms with Gasteiger partial charge in [-0.1, -0.05) is 6.07 Å². The van der Waals surface area contributed by atoms with Crippen molar-refractivity contribution in [2.24, 2.45) is 0 Å². The molecule has 0 saturated heterocycles. The van der Waals surface area contributed by atoms with E-state index < -0.39 is 0 Å². The summed E-state index contributed by atoms with van der Waals surface area (Å²) >= 11 is 0. The molecular formula is C17H16N6O. The monoisotopic (exact) mass is 320 g/mol. The van der Waals surface area contributed by atoms with Crippen molar-refractivity contribution in [2.45, 2.75) is 13.5 Å². The van der Waals surface area contributed by atoms with Crippen molar-refractivity contribution in [3.8, 4) is 11.3 Å². The lowest BCUT2D eigenvalue weighted by Gasteiger charge is -2.06. The van der Waals surface area contributed by atoms with Crippen molar-refractivity contribution in [1.82, 2.24) is 24.9 Å². The molecule has 4 rings (SSSR count). The van der Waals surface area contributed by atoms with Gasteiger partial charge in [0.05, 0.1) is 22.2 Å². The Morgan fingerprint density at radius 1 is 1.29 bits per heavy atom. The molecule has 0 saturated carbocycles. The Hall–Kier alpha value is -3.35. The fourth-order valence-electron chi connectivity index (χ4n) is 2.83. The lowest BCUT2D eigenvalue weighted by molar-refractivity contribution is -0.119. The van der Waals surface area contributed by atoms with E-state index in [1.54, 1.807) is 6.20 Å². The molecule has 7 heteroatoms. The number of fused-ring (bicyclic) bond motifs is 3. The number of carbonyl (C=O) groups is 1. The molecule has 0 unspecified atom stereocenters. The van der Waals surface area contributed by atoms with Crippen molar-refractivity contribution in [2.75, 3.05) is 5.73 Å². The normalized spacial score (nSPS) is 11.2. The lowest BCUT2D eigenvalue weighted by atomic mass is 10.1. The Bertz CT molecular complexity index is 1050. The number of carbonyl (C=O) groups excluding carboxylic acids is 1. The van der Waals surface area contributed by atoms with Crippen LogP contribution in [0, 0.1) is 0 Å². The van der Waals surface area contributed by atoms with Crippen LogP contribution < -0.4 is 11.1 Å². The molecule has 120 valence electrons. The van der Waals surface area contributed by atoms with E-state index in [2.05, 4.69) is 20.5 Å². The lowest BCUT2D eigenvalue weighted by Crippen LogP contribution is -2.18. The van der Waals surface area contributed by atoms with Gasteiger partial charge in [0.15, 0.2) is 0 Å². The summed E-state index contributed by atoms with van der Waals surface area (Å²) in [6.07, 6.45) is 3.69. The first-order chi connectivity index (χ1) is 11.6. The molecular weight excluding hydrogens is 304 g/mol. The Morgan fingerprint density at radius 3 is 2.92 bits per heavy atom. The Morgan fingerprint density at radius 2 is 2.17 bits per heavy atom. The predicted molar refractivity (Wildman–Crippen MR) is 92.2 cm³/mol. The van der Waals surface area contributed by atoms with Crippen molar-refractivity contribution in [1.29, 1.82) is 0 Å². The zero-order valence-electron chi connectivity index (χ0n) is 13.1. The summed E-state index contributed by atoms with van der Waals surface area (Å²) in [6.45, 7) is 1.96. The summed E-state index contributed by atoms with van der Waals surface area (Å²) < 4.78 is 2.01. The number of hydrogen-bond acceptors (Lipinski definition) is 4. The maximum Gasteiger partial charge on any atom is 0.217 e. The van der Waals surface area contributed by atoms with Crippen LogP contribution in [0.4, 0.5) is 5.82 Å². The number of nitrogens with zero attached hydrogens (tertiary/aromatic N) is 3. The van der Waals surface area contributed by atoms with Crippen LogP contribution in [0.1, 0.15) is 12.5 Å². The highest BCUT2D eigenvalue weighted by molar-refractivity contribution is 5.87. The van der Waals surface area contributed by atoms with Crippen LogP contribution in [0.25, 0.3) is 27.8 Å². The molecule has 0 atom stereocenters. The first-order valence-electron chi connectivity index (χ1n) is 7.56. The quantitative estimate of drug-likeness (QED) is 0.538. The second kappa shape index (κ2) is 5.38. The van der Waals surface area contributed by atoms with Crippen LogP contribution in [0.2, 0.25) is 0 Å². The maximum absolute atomic E-state index is 11.1. The molecule has 3 heterocycles. The minimum Gasteiger partial charge on any atom is -0.382 e. The third-order valence-electron chi connectivity index (χ3n) is 3.97. The summed E-state index contributed by atoms with van der Waals surface area (Å²) in [4.78, 5) is 15.6. The van der Waals surface area contributed by atoms with Crippen LogP contribution in [-0.2, 0) is 11.3 Å². The first kappa shape index (κ1) is 14.3. The SMILES string of the molecule is CC(=O)NCc1cc2c(N)nc3cc(-c4ccn[nH]4)ccc3n2c1. The maximum atomic E-state index is 11.1. The summed E-state index contributed by atoms with van der Waals surface area (Å²) in [7, 11) is 0. The van der Waals surface area contributed by atoms with Crippen LogP contribution in [-0.4, -0.2) is 25.5 Å². The van der Waals surface area contributed by atoms with Gasteiger partial charge in [-0.25, -0.2) is 4.98 Å². The third-order valence-corrected chi connectivity index (χ3v) is 3.97. The molecule has 0 bridgehead atoms. The highest BCUT2D eigenvalue weighted by atomic mass is 16.1. The van der Waals surface area contributed by atoms with Crippen LogP contribution >= 0.6 is 0 Å². The molecule has 4 N–H and O–H groups in total. The van der Waals surface area contributed by atoms with E-state index in [4.69, 9.17) is 5.73 Å². The van der Waals surface area contributed by atoms with Gasteiger partial charge >= 0.3 is 0 Å². The van der Waals surface area contributed by atoms with E-state index in [1.165, 1.54) is 6.92 Å². The van der Waals surface area contributed by atoms with E-state index in [9.17, 15) is 4.79 Å². The van der Waals surface area contributed by atoms with Crippen molar-refractivity contribution in [3.05, 3.63) is 48.3 Å². The number of aromatic nitrogens is 4. The number of benzene rings is 1. The second-order valence-corrected chi connectivity index (χ2v) is 5.68. The fraction of sp³-hybridized carbons (Fsp3) is 0.118. The molecule has 0 aliphatic heterocycles. The number of nitrogen functional groups attached to an aromatic ring is 1. The van der Waals surface area contributed by atoms with E-state index in [0.29, 0.717) is 12.4 Å². The molecule has 7 nitrogen and oxygen atoms in total. The number of hydrogen-bond donors (Lipinski definition) is 3. The van der Waals surface area contributed by atoms with Gasteiger partial charge in [0, 0.05) is 31.4 Å². The molecule has 3 aromatic heterocycles. The molecule has 0 radical (unpaired) electrons. The highest BCUT2D eigenvalue weighted by Gasteiger charge is 2.10. The topological polar surface area (TPSA) is 101 Å². The second-order valence-electron chi connectivity index (χ2n) is 5.68. The molecule has 4 aromatic rings. The minimum atomic E-state index is -0.0644. The van der Waals surface area contributed by atoms with Gasteiger partial charge in [0.25, 0.3) is 0 Å². The smallest absolute Gasteiger partial charge is 0.217 e. The Kier molecular flexibility index (Phi) is 3.19. The van der Waals surface area contributed by atoms with Gasteiger partial charge in [-0.3, -0.25) is 9.89 Å². The fourth-order valence-corrected chi connectivity index (χ4v) is 2.83. The van der Waals surface area contributed by atoms with E-state index in [-0.39, 0.29) is 5.91 Å². The zero-order valence-corrected chi connectivity index (χ0v) is 13.1. The number of nitrogens with two attached hydrogens (primary N) is 1. The zero-order chi connectivity index (χ0) is 16.7. The first-order valence-corrected chi connectivity index (χ1v) is 7.56. The summed E-state index contributed by atoms with van der Waals surface area (Å²) in [5, 5.41) is 9.71. The van der Waals surface area contributed by atoms with Crippen LogP contribution in [0.5, 0.6) is 0 Å². The summed E-state index contributed by atoms with van der Waals surface area (Å²) in [5.41, 5.74) is 11.6. The van der Waals surface area contributed by atoms with E-state index >= 15 is 0 Å². The van der Waals surface area contributed by atoms with Gasteiger partial charge < -0.3 is 15.5 Å². The predicted octanol–water partition coefficient (Wildman–Crippen LogP) is 2.10. The van der Waals surface area contributed by atoms with Gasteiger partial charge in [-0.15, -0.1) is 0 Å².